The number of hydrogen-bond donors (Lipinski definition) is 2. The lowest BCUT2D eigenvalue weighted by molar-refractivity contribution is 0.362. The number of phenolic OH excluding ortho intramolecular Hbond substituents is 2. The van der Waals surface area contributed by atoms with Gasteiger partial charge in [0.1, 0.15) is 58.4 Å². The average molecular weight is 680 g/mol. The van der Waals surface area contributed by atoms with Crippen LogP contribution in [0.1, 0.15) is 0 Å². The Morgan fingerprint density at radius 2 is 0.667 bits per heavy atom. The van der Waals surface area contributed by atoms with Crippen molar-refractivity contribution in [3.05, 3.63) is 158 Å². The van der Waals surface area contributed by atoms with Gasteiger partial charge in [-0.15, -0.1) is 0 Å². The summed E-state index contributed by atoms with van der Waals surface area (Å²) in [6, 6.07) is 45.0. The number of rotatable bonds is 12. The van der Waals surface area contributed by atoms with E-state index in [2.05, 4.69) is 57.7 Å². The van der Waals surface area contributed by atoms with E-state index in [0.29, 0.717) is 49.6 Å². The fourth-order valence-corrected chi connectivity index (χ4v) is 5.61. The third kappa shape index (κ3) is 8.47. The van der Waals surface area contributed by atoms with Crippen LogP contribution in [0.15, 0.2) is 158 Å². The normalized spacial score (nSPS) is 12.7. The van der Waals surface area contributed by atoms with Crippen LogP contribution in [0.25, 0.3) is 0 Å². The molecule has 0 amide bonds. The van der Waals surface area contributed by atoms with E-state index in [1.165, 1.54) is 0 Å². The summed E-state index contributed by atoms with van der Waals surface area (Å²) in [5, 5.41) is 19.2. The number of phenols is 2. The van der Waals surface area contributed by atoms with Gasteiger partial charge in [-0.25, -0.2) is 0 Å². The standard InChI is InChI=1S/C42H37N3O6/c1-2-27-48-36-23-25-42(26-24-36)51-39-17-7-33(8-18-39)45-29-43(31-3-13-37(14-4-31)49-40-19-9-34(46)10-20-40)28-44(30-45)32-5-15-38(16-6-32)50-41-21-11-35(47)12-22-41/h2-26,46-47H,1,27-30H2. The molecule has 1 heterocycles. The van der Waals surface area contributed by atoms with Crippen molar-refractivity contribution in [2.24, 2.45) is 0 Å². The molecule has 0 aromatic heterocycles. The van der Waals surface area contributed by atoms with Crippen LogP contribution in [0.2, 0.25) is 0 Å². The molecular weight excluding hydrogens is 642 g/mol. The van der Waals surface area contributed by atoms with Crippen molar-refractivity contribution in [2.45, 2.75) is 0 Å². The van der Waals surface area contributed by atoms with Gasteiger partial charge < -0.3 is 43.9 Å². The number of ether oxygens (including phenoxy) is 4. The van der Waals surface area contributed by atoms with E-state index in [9.17, 15) is 10.2 Å². The van der Waals surface area contributed by atoms with E-state index < -0.39 is 0 Å². The largest absolute Gasteiger partial charge is 0.508 e. The van der Waals surface area contributed by atoms with Gasteiger partial charge in [0.15, 0.2) is 0 Å². The summed E-state index contributed by atoms with van der Waals surface area (Å²) in [4.78, 5) is 6.91. The summed E-state index contributed by atoms with van der Waals surface area (Å²) >= 11 is 0. The third-order valence-corrected chi connectivity index (χ3v) is 8.20. The molecule has 0 bridgehead atoms. The van der Waals surface area contributed by atoms with Crippen molar-refractivity contribution in [1.29, 1.82) is 0 Å². The van der Waals surface area contributed by atoms with Gasteiger partial charge in [-0.05, 0) is 146 Å². The van der Waals surface area contributed by atoms with Gasteiger partial charge in [0.25, 0.3) is 0 Å². The Morgan fingerprint density at radius 1 is 0.412 bits per heavy atom. The minimum absolute atomic E-state index is 0.193. The molecule has 7 rings (SSSR count). The van der Waals surface area contributed by atoms with Crippen molar-refractivity contribution < 1.29 is 29.2 Å². The van der Waals surface area contributed by atoms with Crippen LogP contribution in [0.4, 0.5) is 17.1 Å². The average Bonchev–Trinajstić information content (AvgIpc) is 3.17. The summed E-state index contributed by atoms with van der Waals surface area (Å²) in [5.74, 6) is 5.31. The number of hydrogen-bond acceptors (Lipinski definition) is 9. The number of nitrogens with zero attached hydrogens (tertiary/aromatic N) is 3. The van der Waals surface area contributed by atoms with Crippen LogP contribution < -0.4 is 33.6 Å². The molecule has 0 spiro atoms. The molecule has 1 aliphatic rings. The maximum atomic E-state index is 9.60. The van der Waals surface area contributed by atoms with E-state index in [0.717, 1.165) is 34.3 Å². The van der Waals surface area contributed by atoms with Crippen molar-refractivity contribution in [3.63, 3.8) is 0 Å². The molecule has 9 nitrogen and oxygen atoms in total. The molecule has 0 radical (unpaired) electrons. The van der Waals surface area contributed by atoms with E-state index in [-0.39, 0.29) is 11.5 Å². The molecule has 1 fully saturated rings. The van der Waals surface area contributed by atoms with Gasteiger partial charge in [0, 0.05) is 17.1 Å². The first-order valence-corrected chi connectivity index (χ1v) is 16.5. The lowest BCUT2D eigenvalue weighted by Crippen LogP contribution is -2.55. The van der Waals surface area contributed by atoms with E-state index >= 15 is 0 Å². The van der Waals surface area contributed by atoms with Gasteiger partial charge in [0.2, 0.25) is 0 Å². The highest BCUT2D eigenvalue weighted by atomic mass is 16.5. The molecule has 6 aromatic rings. The SMILES string of the molecule is C=CCOc1ccc(Oc2ccc(N3CN(c4ccc(Oc5ccc(O)cc5)cc4)CN(c4ccc(Oc5ccc(O)cc5)cc4)C3)cc2)cc1. The Balaban J connectivity index is 1.08. The summed E-state index contributed by atoms with van der Waals surface area (Å²) in [6.45, 7) is 6.10. The van der Waals surface area contributed by atoms with Crippen molar-refractivity contribution in [2.75, 3.05) is 41.3 Å². The van der Waals surface area contributed by atoms with Gasteiger partial charge in [0.05, 0.1) is 20.0 Å². The summed E-state index contributed by atoms with van der Waals surface area (Å²) < 4.78 is 23.7. The Morgan fingerprint density at radius 3 is 0.961 bits per heavy atom. The van der Waals surface area contributed by atoms with Crippen LogP contribution in [-0.2, 0) is 0 Å². The molecule has 1 aliphatic heterocycles. The second kappa shape index (κ2) is 15.2. The smallest absolute Gasteiger partial charge is 0.127 e. The molecule has 0 atom stereocenters. The first-order valence-electron chi connectivity index (χ1n) is 16.5. The topological polar surface area (TPSA) is 87.1 Å². The predicted molar refractivity (Wildman–Crippen MR) is 200 cm³/mol. The molecule has 51 heavy (non-hydrogen) atoms. The van der Waals surface area contributed by atoms with Gasteiger partial charge >= 0.3 is 0 Å². The van der Waals surface area contributed by atoms with E-state index in [1.54, 1.807) is 54.6 Å². The zero-order chi connectivity index (χ0) is 35.0. The zero-order valence-electron chi connectivity index (χ0n) is 27.8. The van der Waals surface area contributed by atoms with Crippen molar-refractivity contribution >= 4 is 17.1 Å². The van der Waals surface area contributed by atoms with Gasteiger partial charge in [-0.3, -0.25) is 0 Å². The Hall–Kier alpha value is -6.74. The third-order valence-electron chi connectivity index (χ3n) is 8.20. The highest BCUT2D eigenvalue weighted by Crippen LogP contribution is 2.33. The number of benzene rings is 6. The Bertz CT molecular complexity index is 1920. The van der Waals surface area contributed by atoms with Crippen LogP contribution in [0.3, 0.4) is 0 Å². The summed E-state index contributed by atoms with van der Waals surface area (Å²) in [5.41, 5.74) is 3.12. The minimum atomic E-state index is 0.193. The lowest BCUT2D eigenvalue weighted by Gasteiger charge is -2.45. The molecular formula is C42H37N3O6. The monoisotopic (exact) mass is 679 g/mol. The maximum Gasteiger partial charge on any atom is 0.127 e. The molecule has 256 valence electrons. The first-order chi connectivity index (χ1) is 25.0. The maximum absolute atomic E-state index is 9.60. The van der Waals surface area contributed by atoms with Crippen molar-refractivity contribution in [3.8, 4) is 51.7 Å². The Kier molecular flexibility index (Phi) is 9.78. The van der Waals surface area contributed by atoms with Crippen LogP contribution in [0.5, 0.6) is 51.7 Å². The molecule has 2 N–H and O–H groups in total. The highest BCUT2D eigenvalue weighted by molar-refractivity contribution is 5.61. The second-order valence-corrected chi connectivity index (χ2v) is 11.9. The summed E-state index contributed by atoms with van der Waals surface area (Å²) in [7, 11) is 0. The molecule has 0 aliphatic carbocycles. The molecule has 6 aromatic carbocycles. The van der Waals surface area contributed by atoms with E-state index in [4.69, 9.17) is 18.9 Å². The fraction of sp³-hybridized carbons (Fsp3) is 0.0952. The predicted octanol–water partition coefficient (Wildman–Crippen LogP) is 9.75. The lowest BCUT2D eigenvalue weighted by atomic mass is 10.2. The quantitative estimate of drug-likeness (QED) is 0.123. The van der Waals surface area contributed by atoms with Crippen LogP contribution >= 0.6 is 0 Å². The van der Waals surface area contributed by atoms with E-state index in [1.807, 2.05) is 60.7 Å². The van der Waals surface area contributed by atoms with Gasteiger partial charge in [-0.2, -0.15) is 0 Å². The number of aromatic hydroxyl groups is 2. The van der Waals surface area contributed by atoms with Gasteiger partial charge in [-0.1, -0.05) is 12.7 Å². The molecule has 0 saturated carbocycles. The Labute approximate surface area is 297 Å². The first kappa shape index (κ1) is 32.8. The summed E-state index contributed by atoms with van der Waals surface area (Å²) in [6.07, 6.45) is 1.71. The molecule has 1 saturated heterocycles. The van der Waals surface area contributed by atoms with Crippen LogP contribution in [0, 0.1) is 0 Å². The van der Waals surface area contributed by atoms with Crippen LogP contribution in [-0.4, -0.2) is 36.8 Å². The molecule has 9 heteroatoms. The zero-order valence-corrected chi connectivity index (χ0v) is 27.8. The molecule has 0 unspecified atom stereocenters. The second-order valence-electron chi connectivity index (χ2n) is 11.9. The fourth-order valence-electron chi connectivity index (χ4n) is 5.61. The number of anilines is 3. The minimum Gasteiger partial charge on any atom is -0.508 e. The highest BCUT2D eigenvalue weighted by Gasteiger charge is 2.25. The van der Waals surface area contributed by atoms with Crippen molar-refractivity contribution in [1.82, 2.24) is 0 Å².